The Hall–Kier alpha value is -0.530. The van der Waals surface area contributed by atoms with Crippen LogP contribution in [0.3, 0.4) is 0 Å². The lowest BCUT2D eigenvalue weighted by Gasteiger charge is -2.68. The summed E-state index contributed by atoms with van der Waals surface area (Å²) in [7, 11) is 0. The number of esters is 1. The molecule has 0 heterocycles. The van der Waals surface area contributed by atoms with Crippen LogP contribution in [-0.2, 0) is 9.53 Å². The average molecular weight is 1880 g/mol. The van der Waals surface area contributed by atoms with Crippen molar-refractivity contribution in [2.24, 2.45) is 21.7 Å². The molecule has 0 rings (SSSR count). The van der Waals surface area contributed by atoms with Crippen molar-refractivity contribution in [2.75, 3.05) is 6.61 Å². The summed E-state index contributed by atoms with van der Waals surface area (Å²) in [5, 5.41) is 0. The van der Waals surface area contributed by atoms with Crippen LogP contribution in [-0.4, -0.2) is 12.6 Å². The van der Waals surface area contributed by atoms with E-state index in [0.717, 1.165) is 19.3 Å². The molecule has 0 aromatic carbocycles. The van der Waals surface area contributed by atoms with Gasteiger partial charge >= 0.3 is 5.97 Å². The van der Waals surface area contributed by atoms with Gasteiger partial charge in [-0.05, 0) is 80.5 Å². The van der Waals surface area contributed by atoms with Gasteiger partial charge in [0.2, 0.25) is 0 Å². The molecule has 0 aliphatic heterocycles. The number of rotatable bonds is 121. The minimum Gasteiger partial charge on any atom is -0.465 e. The summed E-state index contributed by atoms with van der Waals surface area (Å²) in [5.41, 5.74) is -0.428. The smallest absolute Gasteiger partial charge is 0.312 e. The largest absolute Gasteiger partial charge is 0.465 e. The van der Waals surface area contributed by atoms with Crippen molar-refractivity contribution < 1.29 is 9.53 Å². The van der Waals surface area contributed by atoms with Crippen LogP contribution in [0.2, 0.25) is 0 Å². The molecule has 0 aliphatic carbocycles. The fourth-order valence-electron chi connectivity index (χ4n) is 25.7. The van der Waals surface area contributed by atoms with Crippen LogP contribution < -0.4 is 0 Å². The van der Waals surface area contributed by atoms with Gasteiger partial charge in [-0.1, -0.05) is 750 Å². The Morgan fingerprint density at radius 1 is 0.127 bits per heavy atom. The molecule has 134 heavy (non-hydrogen) atoms. The van der Waals surface area contributed by atoms with Crippen molar-refractivity contribution in [3.05, 3.63) is 0 Å². The lowest BCUT2D eigenvalue weighted by Crippen LogP contribution is -2.64. The van der Waals surface area contributed by atoms with E-state index < -0.39 is 5.41 Å². The van der Waals surface area contributed by atoms with Gasteiger partial charge in [0.1, 0.15) is 0 Å². The first-order valence-electron chi connectivity index (χ1n) is 65.4. The van der Waals surface area contributed by atoms with Gasteiger partial charge in [-0.25, -0.2) is 0 Å². The predicted molar refractivity (Wildman–Crippen MR) is 613 cm³/mol. The maximum atomic E-state index is 18.6. The molecule has 1 unspecified atom stereocenters. The number of carbonyl (C=O) groups is 1. The van der Waals surface area contributed by atoms with Crippen molar-refractivity contribution in [2.45, 2.75) is 814 Å². The zero-order chi connectivity index (χ0) is 97.0. The van der Waals surface area contributed by atoms with Gasteiger partial charge in [0, 0.05) is 0 Å². The molecule has 2 heteroatoms. The van der Waals surface area contributed by atoms with Crippen molar-refractivity contribution in [3.63, 3.8) is 0 Å². The summed E-state index contributed by atoms with van der Waals surface area (Å²) in [6.45, 7) is 24.6. The van der Waals surface area contributed by atoms with Crippen molar-refractivity contribution in [3.8, 4) is 0 Å². The van der Waals surface area contributed by atoms with E-state index in [1.54, 1.807) is 0 Å². The zero-order valence-electron chi connectivity index (χ0n) is 96.0. The first-order chi connectivity index (χ1) is 66.3. The lowest BCUT2D eigenvalue weighted by molar-refractivity contribution is -0.218. The van der Waals surface area contributed by atoms with E-state index in [1.807, 2.05) is 0 Å². The molecule has 0 bridgehead atoms. The topological polar surface area (TPSA) is 26.3 Å². The molecule has 0 fully saturated rings. The molecule has 0 aromatic rings. The summed E-state index contributed by atoms with van der Waals surface area (Å²) in [5.74, 6) is 0.404. The van der Waals surface area contributed by atoms with Crippen molar-refractivity contribution in [1.82, 2.24) is 0 Å². The molecule has 2 nitrogen and oxygen atoms in total. The van der Waals surface area contributed by atoms with E-state index in [-0.39, 0.29) is 16.2 Å². The van der Waals surface area contributed by atoms with Crippen molar-refractivity contribution in [1.29, 1.82) is 0 Å². The monoisotopic (exact) mass is 1880 g/mol. The van der Waals surface area contributed by atoms with Gasteiger partial charge < -0.3 is 4.74 Å². The van der Waals surface area contributed by atoms with Crippen molar-refractivity contribution >= 4 is 5.97 Å². The van der Waals surface area contributed by atoms with Crippen LogP contribution in [0.5, 0.6) is 0 Å². The molecule has 0 aliphatic rings. The minimum atomic E-state index is -0.505. The summed E-state index contributed by atoms with van der Waals surface area (Å²) in [6, 6.07) is 0. The van der Waals surface area contributed by atoms with Gasteiger partial charge in [-0.2, -0.15) is 0 Å². The van der Waals surface area contributed by atoms with E-state index in [9.17, 15) is 0 Å². The van der Waals surface area contributed by atoms with Crippen LogP contribution in [0.15, 0.2) is 0 Å². The maximum absolute atomic E-state index is 18.6. The highest BCUT2D eigenvalue weighted by Gasteiger charge is 2.69. The fraction of sp³-hybridized carbons (Fsp3) is 0.992. The highest BCUT2D eigenvalue weighted by Crippen LogP contribution is 2.74. The van der Waals surface area contributed by atoms with Gasteiger partial charge in [-0.15, -0.1) is 0 Å². The average Bonchev–Trinajstić information content (AvgIpc) is 0.688. The second-order valence-electron chi connectivity index (χ2n) is 46.7. The third-order valence-electron chi connectivity index (χ3n) is 34.5. The quantitative estimate of drug-likeness (QED) is 0.0448. The normalized spacial score (nSPS) is 12.7. The first kappa shape index (κ1) is 133. The minimum absolute atomic E-state index is 0.0413. The lowest BCUT2D eigenvalue weighted by atomic mass is 9.35. The molecule has 0 radical (unpaired) electrons. The highest BCUT2D eigenvalue weighted by atomic mass is 16.5. The standard InChI is InChI=1S/C132H264O2/c1-11-21-31-41-51-61-71-72-73-74-75-77-82-92-102-112-122-130(121-111-101-91-81-65-55-45-35-25-15-5,128(133)134-127-117-107-97-87-70-60-50-40-30-20-10)132(125-115-105-95-85-68-58-48-38-28-18-8,126-116-106-96-86-69-59-49-39-29-19-9)131(123-113-103-93-83-66-56-46-36-26-16-6,124-114-104-94-84-67-57-47-37-27-17-7)129(118-108-98-88-78-63-53-43-33-23-13-3,119-109-99-89-79-64-54-44-34-24-14-4)120-110-100-90-80-76-62-52-42-32-22-12-2/h11-127H2,1-10H3. The Bertz CT molecular complexity index is 2060. The molecule has 0 amide bonds. The molecule has 0 saturated carbocycles. The maximum Gasteiger partial charge on any atom is 0.312 e. The van der Waals surface area contributed by atoms with Gasteiger partial charge in [0.05, 0.1) is 12.0 Å². The summed E-state index contributed by atoms with van der Waals surface area (Å²) < 4.78 is 7.89. The van der Waals surface area contributed by atoms with E-state index in [1.165, 1.54) is 726 Å². The Morgan fingerprint density at radius 3 is 0.388 bits per heavy atom. The second-order valence-corrected chi connectivity index (χ2v) is 46.7. The molecule has 0 aromatic heterocycles. The molecule has 0 N–H and O–H groups in total. The molecular weight excluding hydrogens is 1620 g/mol. The summed E-state index contributed by atoms with van der Waals surface area (Å²) in [6.07, 6.45) is 162. The Balaban J connectivity index is 10.4. The Morgan fingerprint density at radius 2 is 0.239 bits per heavy atom. The van der Waals surface area contributed by atoms with Crippen LogP contribution in [0.1, 0.15) is 814 Å². The van der Waals surface area contributed by atoms with E-state index in [2.05, 4.69) is 69.2 Å². The third-order valence-corrected chi connectivity index (χ3v) is 34.5. The van der Waals surface area contributed by atoms with E-state index >= 15 is 4.79 Å². The number of hydrogen-bond acceptors (Lipinski definition) is 2. The van der Waals surface area contributed by atoms with E-state index in [0.29, 0.717) is 12.6 Å². The summed E-state index contributed by atoms with van der Waals surface area (Å²) >= 11 is 0. The predicted octanol–water partition coefficient (Wildman–Crippen LogP) is 49.9. The SMILES string of the molecule is CCCCCCCCCCCCCCCCCCC(CCCCCCCCCCCC)(C(=O)OCCCCCCCCCCCC)C(CCCCCCCCCCCC)(CCCCCCCCCCCC)C(CCCCCCCCCCCC)(CCCCCCCCCCCC)C(CCCCCCCCCCCC)(CCCCCCCCCCCC)CCCCCCCCCCCCC. The fourth-order valence-corrected chi connectivity index (χ4v) is 25.7. The number of ether oxygens (including phenoxy) is 1. The van der Waals surface area contributed by atoms with Crippen LogP contribution in [0.4, 0.5) is 0 Å². The molecule has 0 spiro atoms. The zero-order valence-corrected chi connectivity index (χ0v) is 96.0. The van der Waals surface area contributed by atoms with E-state index in [4.69, 9.17) is 4.74 Å². The molecule has 1 atom stereocenters. The third kappa shape index (κ3) is 77.9. The van der Waals surface area contributed by atoms with Gasteiger partial charge in [0.15, 0.2) is 0 Å². The Labute approximate surface area is 852 Å². The van der Waals surface area contributed by atoms with Gasteiger partial charge in [0.25, 0.3) is 0 Å². The Kier molecular flexibility index (Phi) is 109. The molecular formula is C132H264O2. The highest BCUT2D eigenvalue weighted by molar-refractivity contribution is 5.78. The molecule has 804 valence electrons. The van der Waals surface area contributed by atoms with Crippen LogP contribution >= 0.6 is 0 Å². The number of hydrogen-bond donors (Lipinski definition) is 0. The second kappa shape index (κ2) is 110. The summed E-state index contributed by atoms with van der Waals surface area (Å²) in [4.78, 5) is 18.6. The number of carbonyl (C=O) groups excluding carboxylic acids is 1. The number of unbranched alkanes of at least 4 members (excludes halogenated alkanes) is 97. The first-order valence-corrected chi connectivity index (χ1v) is 65.4. The van der Waals surface area contributed by atoms with Crippen LogP contribution in [0.25, 0.3) is 0 Å². The van der Waals surface area contributed by atoms with Gasteiger partial charge in [-0.3, -0.25) is 4.79 Å². The molecule has 0 saturated heterocycles. The van der Waals surface area contributed by atoms with Crippen LogP contribution in [0, 0.1) is 21.7 Å².